The summed E-state index contributed by atoms with van der Waals surface area (Å²) in [6, 6.07) is 22.4. The van der Waals surface area contributed by atoms with Crippen LogP contribution in [-0.2, 0) is 4.79 Å². The number of ether oxygens (including phenoxy) is 2. The van der Waals surface area contributed by atoms with Gasteiger partial charge >= 0.3 is 0 Å². The van der Waals surface area contributed by atoms with E-state index >= 15 is 0 Å². The van der Waals surface area contributed by atoms with E-state index in [1.165, 1.54) is 0 Å². The fourth-order valence-corrected chi connectivity index (χ4v) is 4.22. The van der Waals surface area contributed by atoms with Gasteiger partial charge < -0.3 is 14.8 Å². The molecule has 7 nitrogen and oxygen atoms in total. The molecular weight excluding hydrogens is 442 g/mol. The van der Waals surface area contributed by atoms with Gasteiger partial charge in [0.1, 0.15) is 6.04 Å². The molecule has 4 aromatic rings. The smallest absolute Gasteiger partial charge is 0.262 e. The number of rotatable bonds is 6. The summed E-state index contributed by atoms with van der Waals surface area (Å²) in [6.45, 7) is 3.86. The summed E-state index contributed by atoms with van der Waals surface area (Å²) in [5.74, 6) is 0.183. The molecule has 0 saturated heterocycles. The first-order chi connectivity index (χ1) is 17.0. The fourth-order valence-electron chi connectivity index (χ4n) is 4.22. The minimum atomic E-state index is -0.769. The lowest BCUT2D eigenvalue weighted by Gasteiger charge is -2.20. The number of hydrogen-bond acceptors (Lipinski definition) is 5. The first kappa shape index (κ1) is 22.4. The van der Waals surface area contributed by atoms with Crippen molar-refractivity contribution in [1.82, 2.24) is 10.7 Å². The Morgan fingerprint density at radius 2 is 1.54 bits per heavy atom. The van der Waals surface area contributed by atoms with Gasteiger partial charge in [0.05, 0.1) is 6.21 Å². The van der Waals surface area contributed by atoms with E-state index in [0.29, 0.717) is 17.1 Å². The topological polar surface area (TPSA) is 89.0 Å². The Bertz CT molecular complexity index is 1410. The first-order valence-electron chi connectivity index (χ1n) is 11.4. The second kappa shape index (κ2) is 9.46. The van der Waals surface area contributed by atoms with Gasteiger partial charge in [-0.15, -0.1) is 0 Å². The molecule has 176 valence electrons. The molecule has 0 radical (unpaired) electrons. The number of fused-ring (bicyclic) bond motifs is 3. The molecule has 5 rings (SSSR count). The van der Waals surface area contributed by atoms with E-state index in [2.05, 4.69) is 34.0 Å². The molecule has 1 aliphatic rings. The maximum absolute atomic E-state index is 13.0. The molecule has 0 aliphatic carbocycles. The van der Waals surface area contributed by atoms with Gasteiger partial charge in [-0.3, -0.25) is 9.59 Å². The molecule has 0 bridgehead atoms. The van der Waals surface area contributed by atoms with E-state index in [-0.39, 0.29) is 18.6 Å². The van der Waals surface area contributed by atoms with Gasteiger partial charge in [0.2, 0.25) is 6.79 Å². The fraction of sp³-hybridized carbons (Fsp3) is 0.179. The molecule has 7 heteroatoms. The van der Waals surface area contributed by atoms with E-state index < -0.39 is 11.9 Å². The lowest BCUT2D eigenvalue weighted by Crippen LogP contribution is -2.48. The van der Waals surface area contributed by atoms with E-state index in [1.54, 1.807) is 24.4 Å². The van der Waals surface area contributed by atoms with E-state index in [1.807, 2.05) is 50.2 Å². The van der Waals surface area contributed by atoms with Crippen molar-refractivity contribution in [2.45, 2.75) is 19.9 Å². The first-order valence-corrected chi connectivity index (χ1v) is 11.4. The van der Waals surface area contributed by atoms with Crippen molar-refractivity contribution in [1.29, 1.82) is 0 Å². The highest BCUT2D eigenvalue weighted by Gasteiger charge is 2.25. The van der Waals surface area contributed by atoms with Crippen molar-refractivity contribution in [3.05, 3.63) is 83.9 Å². The van der Waals surface area contributed by atoms with Crippen LogP contribution in [0, 0.1) is 5.92 Å². The number of carbonyl (C=O) groups excluding carboxylic acids is 2. The molecule has 1 aliphatic heterocycles. The maximum Gasteiger partial charge on any atom is 0.262 e. The quantitative estimate of drug-likeness (QED) is 0.246. The van der Waals surface area contributed by atoms with Gasteiger partial charge in [-0.1, -0.05) is 62.4 Å². The lowest BCUT2D eigenvalue weighted by molar-refractivity contribution is -0.123. The number of amides is 2. The summed E-state index contributed by atoms with van der Waals surface area (Å²) in [6.07, 6.45) is 1.67. The van der Waals surface area contributed by atoms with Crippen LogP contribution in [0.2, 0.25) is 0 Å². The minimum absolute atomic E-state index is 0.126. The molecule has 0 fully saturated rings. The summed E-state index contributed by atoms with van der Waals surface area (Å²) in [5.41, 5.74) is 3.92. The van der Waals surface area contributed by atoms with Crippen LogP contribution >= 0.6 is 0 Å². The number of benzene rings is 4. The highest BCUT2D eigenvalue weighted by atomic mass is 16.7. The average molecular weight is 468 g/mol. The lowest BCUT2D eigenvalue weighted by atomic mass is 9.97. The monoisotopic (exact) mass is 467 g/mol. The Hall–Kier alpha value is -4.39. The average Bonchev–Trinajstić information content (AvgIpc) is 3.34. The molecule has 1 atom stereocenters. The summed E-state index contributed by atoms with van der Waals surface area (Å²) < 4.78 is 10.6. The van der Waals surface area contributed by atoms with Gasteiger partial charge in [0.15, 0.2) is 11.5 Å². The number of carbonyl (C=O) groups is 2. The highest BCUT2D eigenvalue weighted by molar-refractivity contribution is 6.13. The molecule has 2 N–H and O–H groups in total. The molecular formula is C28H25N3O4. The van der Waals surface area contributed by atoms with Crippen LogP contribution in [0.15, 0.2) is 77.9 Å². The molecule has 0 spiro atoms. The van der Waals surface area contributed by atoms with E-state index in [0.717, 1.165) is 27.1 Å². The van der Waals surface area contributed by atoms with Crippen molar-refractivity contribution < 1.29 is 19.1 Å². The molecule has 0 saturated carbocycles. The van der Waals surface area contributed by atoms with Gasteiger partial charge in [0, 0.05) is 11.1 Å². The second-order valence-electron chi connectivity index (χ2n) is 8.73. The molecule has 35 heavy (non-hydrogen) atoms. The molecule has 1 heterocycles. The Balaban J connectivity index is 1.35. The number of hydrazone groups is 1. The standard InChI is InChI=1S/C28H25N3O4/c1-17(2)26(30-27(32)20-11-12-24-25(14-20)35-16-34-24)28(33)31-29-15-23-21-9-5-3-7-18(21)13-19-8-4-6-10-22(19)23/h3-15,17,26H,16H2,1-2H3,(H,30,32)(H,31,33). The summed E-state index contributed by atoms with van der Waals surface area (Å²) >= 11 is 0. The van der Waals surface area contributed by atoms with Gasteiger partial charge in [-0.05, 0) is 51.7 Å². The Morgan fingerprint density at radius 1 is 0.886 bits per heavy atom. The number of nitrogens with zero attached hydrogens (tertiary/aromatic N) is 1. The van der Waals surface area contributed by atoms with E-state index in [9.17, 15) is 9.59 Å². The van der Waals surface area contributed by atoms with E-state index in [4.69, 9.17) is 9.47 Å². The van der Waals surface area contributed by atoms with Crippen LogP contribution in [0.5, 0.6) is 11.5 Å². The van der Waals surface area contributed by atoms with Crippen LogP contribution in [0.1, 0.15) is 29.8 Å². The van der Waals surface area contributed by atoms with Crippen LogP contribution in [0.25, 0.3) is 21.5 Å². The third kappa shape index (κ3) is 4.53. The zero-order chi connectivity index (χ0) is 24.4. The maximum atomic E-state index is 13.0. The zero-order valence-electron chi connectivity index (χ0n) is 19.4. The third-order valence-corrected chi connectivity index (χ3v) is 6.05. The second-order valence-corrected chi connectivity index (χ2v) is 8.73. The largest absolute Gasteiger partial charge is 0.454 e. The van der Waals surface area contributed by atoms with Crippen molar-refractivity contribution in [2.24, 2.45) is 11.0 Å². The van der Waals surface area contributed by atoms with Crippen molar-refractivity contribution in [3.8, 4) is 11.5 Å². The Labute approximate surface area is 202 Å². The predicted octanol–water partition coefficient (Wildman–Crippen LogP) is 4.63. The number of hydrogen-bond donors (Lipinski definition) is 2. The third-order valence-electron chi connectivity index (χ3n) is 6.05. The van der Waals surface area contributed by atoms with Gasteiger partial charge in [-0.25, -0.2) is 5.43 Å². The molecule has 4 aromatic carbocycles. The van der Waals surface area contributed by atoms with Crippen LogP contribution in [0.4, 0.5) is 0 Å². The Kier molecular flexibility index (Phi) is 6.06. The Morgan fingerprint density at radius 3 is 2.23 bits per heavy atom. The highest BCUT2D eigenvalue weighted by Crippen LogP contribution is 2.32. The predicted molar refractivity (Wildman–Crippen MR) is 136 cm³/mol. The van der Waals surface area contributed by atoms with Crippen molar-refractivity contribution in [3.63, 3.8) is 0 Å². The molecule has 2 amide bonds. The SMILES string of the molecule is CC(C)C(NC(=O)c1ccc2c(c1)OCO2)C(=O)NN=Cc1c2ccccc2cc2ccccc12. The number of nitrogens with one attached hydrogen (secondary N) is 2. The summed E-state index contributed by atoms with van der Waals surface area (Å²) in [7, 11) is 0. The minimum Gasteiger partial charge on any atom is -0.454 e. The van der Waals surface area contributed by atoms with Crippen LogP contribution in [0.3, 0.4) is 0 Å². The molecule has 1 unspecified atom stereocenters. The summed E-state index contributed by atoms with van der Waals surface area (Å²) in [4.78, 5) is 25.8. The van der Waals surface area contributed by atoms with Crippen molar-refractivity contribution >= 4 is 39.6 Å². The van der Waals surface area contributed by atoms with Crippen molar-refractivity contribution in [2.75, 3.05) is 6.79 Å². The molecule has 0 aromatic heterocycles. The van der Waals surface area contributed by atoms with Crippen LogP contribution < -0.4 is 20.2 Å². The van der Waals surface area contributed by atoms with Crippen LogP contribution in [-0.4, -0.2) is 30.9 Å². The van der Waals surface area contributed by atoms with Gasteiger partial charge in [0.25, 0.3) is 11.8 Å². The zero-order valence-corrected chi connectivity index (χ0v) is 19.4. The normalized spacial score (nSPS) is 13.5. The summed E-state index contributed by atoms with van der Waals surface area (Å²) in [5, 5.41) is 11.3. The van der Waals surface area contributed by atoms with Gasteiger partial charge in [-0.2, -0.15) is 5.10 Å².